The molecule has 0 radical (unpaired) electrons. The minimum Gasteiger partial charge on any atom is -0.464 e. The first kappa shape index (κ1) is 16.5. The standard InChI is InChI=1S/C14H27N5O/c1-6-10-15-11-16-12(18-13(17-11)20-9-4)19-14(5,7-2)8-3/h6-10H2,1-5H3,(H2,15,16,17,18,19). The Labute approximate surface area is 121 Å². The van der Waals surface area contributed by atoms with Crippen LogP contribution in [0, 0.1) is 0 Å². The first-order valence-corrected chi connectivity index (χ1v) is 7.47. The Morgan fingerprint density at radius 1 is 1.00 bits per heavy atom. The molecule has 0 unspecified atom stereocenters. The molecule has 0 aliphatic heterocycles. The molecule has 1 aromatic rings. The van der Waals surface area contributed by atoms with Crippen molar-refractivity contribution in [2.24, 2.45) is 0 Å². The first-order chi connectivity index (χ1) is 9.56. The summed E-state index contributed by atoms with van der Waals surface area (Å²) in [5, 5.41) is 6.56. The predicted octanol–water partition coefficient (Wildman–Crippen LogP) is 3.08. The lowest BCUT2D eigenvalue weighted by Crippen LogP contribution is -2.34. The van der Waals surface area contributed by atoms with Crippen LogP contribution in [0.5, 0.6) is 6.01 Å². The van der Waals surface area contributed by atoms with Gasteiger partial charge in [0.1, 0.15) is 0 Å². The van der Waals surface area contributed by atoms with Crippen molar-refractivity contribution in [3.63, 3.8) is 0 Å². The van der Waals surface area contributed by atoms with Crippen molar-refractivity contribution in [1.82, 2.24) is 15.0 Å². The van der Waals surface area contributed by atoms with Crippen molar-refractivity contribution in [3.8, 4) is 6.01 Å². The molecular weight excluding hydrogens is 254 g/mol. The fourth-order valence-corrected chi connectivity index (χ4v) is 1.62. The minimum atomic E-state index is -0.0210. The Morgan fingerprint density at radius 2 is 1.65 bits per heavy atom. The van der Waals surface area contributed by atoms with Crippen LogP contribution in [-0.2, 0) is 0 Å². The van der Waals surface area contributed by atoms with Crippen molar-refractivity contribution >= 4 is 11.9 Å². The molecule has 0 aromatic carbocycles. The van der Waals surface area contributed by atoms with Crippen LogP contribution >= 0.6 is 0 Å². The average Bonchev–Trinajstić information content (AvgIpc) is 2.45. The van der Waals surface area contributed by atoms with Crippen LogP contribution in [0.25, 0.3) is 0 Å². The van der Waals surface area contributed by atoms with E-state index in [0.717, 1.165) is 25.8 Å². The van der Waals surface area contributed by atoms with E-state index in [9.17, 15) is 0 Å². The quantitative estimate of drug-likeness (QED) is 0.724. The summed E-state index contributed by atoms with van der Waals surface area (Å²) in [6.07, 6.45) is 3.01. The molecule has 0 aliphatic carbocycles. The summed E-state index contributed by atoms with van der Waals surface area (Å²) in [5.74, 6) is 1.12. The van der Waals surface area contributed by atoms with Crippen molar-refractivity contribution in [1.29, 1.82) is 0 Å². The Hall–Kier alpha value is -1.59. The molecule has 0 bridgehead atoms. The summed E-state index contributed by atoms with van der Waals surface area (Å²) in [7, 11) is 0. The molecule has 114 valence electrons. The molecular formula is C14H27N5O. The highest BCUT2D eigenvalue weighted by atomic mass is 16.5. The lowest BCUT2D eigenvalue weighted by atomic mass is 9.96. The Balaban J connectivity index is 2.95. The van der Waals surface area contributed by atoms with Gasteiger partial charge in [-0.3, -0.25) is 0 Å². The van der Waals surface area contributed by atoms with E-state index in [-0.39, 0.29) is 5.54 Å². The fourth-order valence-electron chi connectivity index (χ4n) is 1.62. The summed E-state index contributed by atoms with van der Waals surface area (Å²) in [6.45, 7) is 11.8. The summed E-state index contributed by atoms with van der Waals surface area (Å²) in [4.78, 5) is 13.0. The van der Waals surface area contributed by atoms with Gasteiger partial charge in [0, 0.05) is 12.1 Å². The average molecular weight is 281 g/mol. The second-order valence-electron chi connectivity index (χ2n) is 5.02. The Morgan fingerprint density at radius 3 is 2.20 bits per heavy atom. The monoisotopic (exact) mass is 281 g/mol. The largest absolute Gasteiger partial charge is 0.464 e. The Kier molecular flexibility index (Phi) is 6.48. The Bertz CT molecular complexity index is 407. The maximum absolute atomic E-state index is 5.41. The second-order valence-corrected chi connectivity index (χ2v) is 5.02. The van der Waals surface area contributed by atoms with E-state index in [2.05, 4.69) is 53.3 Å². The van der Waals surface area contributed by atoms with Crippen LogP contribution in [0.15, 0.2) is 0 Å². The van der Waals surface area contributed by atoms with E-state index < -0.39 is 0 Å². The topological polar surface area (TPSA) is 72.0 Å². The third-order valence-electron chi connectivity index (χ3n) is 3.40. The zero-order chi connectivity index (χ0) is 15.0. The number of nitrogens with one attached hydrogen (secondary N) is 2. The number of ether oxygens (including phenoxy) is 1. The number of nitrogens with zero attached hydrogens (tertiary/aromatic N) is 3. The van der Waals surface area contributed by atoms with E-state index in [1.54, 1.807) is 0 Å². The molecule has 1 rings (SSSR count). The number of hydrogen-bond acceptors (Lipinski definition) is 6. The maximum atomic E-state index is 5.41. The van der Waals surface area contributed by atoms with E-state index in [0.29, 0.717) is 24.5 Å². The maximum Gasteiger partial charge on any atom is 0.323 e. The molecule has 0 spiro atoms. The van der Waals surface area contributed by atoms with E-state index in [4.69, 9.17) is 4.74 Å². The number of anilines is 2. The summed E-state index contributed by atoms with van der Waals surface area (Å²) in [5.41, 5.74) is -0.0210. The van der Waals surface area contributed by atoms with Crippen LogP contribution in [0.4, 0.5) is 11.9 Å². The molecule has 0 atom stereocenters. The van der Waals surface area contributed by atoms with Gasteiger partial charge in [-0.1, -0.05) is 20.8 Å². The highest BCUT2D eigenvalue weighted by molar-refractivity contribution is 5.37. The van der Waals surface area contributed by atoms with Crippen molar-refractivity contribution in [3.05, 3.63) is 0 Å². The van der Waals surface area contributed by atoms with Gasteiger partial charge in [0.05, 0.1) is 6.61 Å². The molecule has 0 fully saturated rings. The summed E-state index contributed by atoms with van der Waals surface area (Å²) >= 11 is 0. The minimum absolute atomic E-state index is 0.0210. The van der Waals surface area contributed by atoms with Gasteiger partial charge in [-0.15, -0.1) is 0 Å². The van der Waals surface area contributed by atoms with E-state index in [1.807, 2.05) is 6.92 Å². The number of aromatic nitrogens is 3. The normalized spacial score (nSPS) is 11.2. The van der Waals surface area contributed by atoms with Crippen LogP contribution in [0.2, 0.25) is 0 Å². The predicted molar refractivity (Wildman–Crippen MR) is 82.4 cm³/mol. The molecule has 1 heterocycles. The van der Waals surface area contributed by atoms with Gasteiger partial charge in [0.15, 0.2) is 0 Å². The molecule has 0 saturated carbocycles. The summed E-state index contributed by atoms with van der Waals surface area (Å²) < 4.78 is 5.41. The van der Waals surface area contributed by atoms with E-state index in [1.165, 1.54) is 0 Å². The number of hydrogen-bond donors (Lipinski definition) is 2. The third-order valence-corrected chi connectivity index (χ3v) is 3.40. The van der Waals surface area contributed by atoms with Gasteiger partial charge in [-0.2, -0.15) is 15.0 Å². The first-order valence-electron chi connectivity index (χ1n) is 7.47. The van der Waals surface area contributed by atoms with E-state index >= 15 is 0 Å². The third kappa shape index (κ3) is 4.83. The van der Waals surface area contributed by atoms with Crippen molar-refractivity contribution < 1.29 is 4.74 Å². The molecule has 0 saturated heterocycles. The smallest absolute Gasteiger partial charge is 0.323 e. The lowest BCUT2D eigenvalue weighted by molar-refractivity contribution is 0.312. The van der Waals surface area contributed by atoms with Crippen molar-refractivity contribution in [2.45, 2.75) is 59.4 Å². The van der Waals surface area contributed by atoms with Gasteiger partial charge in [0.25, 0.3) is 0 Å². The second kappa shape index (κ2) is 7.87. The molecule has 2 N–H and O–H groups in total. The van der Waals surface area contributed by atoms with Crippen LogP contribution in [-0.4, -0.2) is 33.6 Å². The molecule has 6 heteroatoms. The van der Waals surface area contributed by atoms with Crippen LogP contribution in [0.1, 0.15) is 53.9 Å². The zero-order valence-corrected chi connectivity index (χ0v) is 13.3. The molecule has 20 heavy (non-hydrogen) atoms. The number of rotatable bonds is 9. The van der Waals surface area contributed by atoms with Gasteiger partial charge < -0.3 is 15.4 Å². The molecule has 6 nitrogen and oxygen atoms in total. The SMILES string of the molecule is CCCNc1nc(NC(C)(CC)CC)nc(OCC)n1. The highest BCUT2D eigenvalue weighted by Crippen LogP contribution is 2.21. The fraction of sp³-hybridized carbons (Fsp3) is 0.786. The molecule has 1 aromatic heterocycles. The van der Waals surface area contributed by atoms with Gasteiger partial charge in [0.2, 0.25) is 11.9 Å². The highest BCUT2D eigenvalue weighted by Gasteiger charge is 2.21. The van der Waals surface area contributed by atoms with Crippen molar-refractivity contribution in [2.75, 3.05) is 23.8 Å². The van der Waals surface area contributed by atoms with Crippen LogP contribution < -0.4 is 15.4 Å². The lowest BCUT2D eigenvalue weighted by Gasteiger charge is -2.28. The van der Waals surface area contributed by atoms with Gasteiger partial charge in [-0.05, 0) is 33.1 Å². The summed E-state index contributed by atoms with van der Waals surface area (Å²) in [6, 6.07) is 0.359. The van der Waals surface area contributed by atoms with Gasteiger partial charge in [-0.25, -0.2) is 0 Å². The van der Waals surface area contributed by atoms with Crippen LogP contribution in [0.3, 0.4) is 0 Å². The van der Waals surface area contributed by atoms with Gasteiger partial charge >= 0.3 is 6.01 Å². The molecule has 0 aliphatic rings. The zero-order valence-electron chi connectivity index (χ0n) is 13.3. The molecule has 0 amide bonds.